The average molecular weight is 710 g/mol. The standard InChI is InChI=1S/C30H28F6N4O2.CHCl3/c31-29(32,33)27(37-11-5-12-38-27)21-15-17-7-1-3-9-19(17)23(25(21)41)24-20-10-4-2-8-18(20)16-22(26(24)42)28(30(34,35)36)39-13-6-14-40-28;2-1(3)4/h1-4,7-10,15-16,37-42H,5-6,11-14H2;1H. The summed E-state index contributed by atoms with van der Waals surface area (Å²) in [6.45, 7) is 0.0128. The van der Waals surface area contributed by atoms with Crippen LogP contribution in [0.2, 0.25) is 0 Å². The smallest absolute Gasteiger partial charge is 0.424 e. The summed E-state index contributed by atoms with van der Waals surface area (Å²) in [6, 6.07) is 15.1. The average Bonchev–Trinajstić information content (AvgIpc) is 3.00. The second-order valence-electron chi connectivity index (χ2n) is 10.9. The predicted octanol–water partition coefficient (Wildman–Crippen LogP) is 7.65. The van der Waals surface area contributed by atoms with Gasteiger partial charge in [-0.05, 0) is 72.7 Å². The molecule has 0 unspecified atom stereocenters. The zero-order valence-electron chi connectivity index (χ0n) is 23.9. The Labute approximate surface area is 275 Å². The van der Waals surface area contributed by atoms with Gasteiger partial charge >= 0.3 is 12.4 Å². The van der Waals surface area contributed by atoms with Crippen LogP contribution in [0.15, 0.2) is 60.7 Å². The van der Waals surface area contributed by atoms with Crippen LogP contribution in [0.4, 0.5) is 26.3 Å². The molecule has 0 radical (unpaired) electrons. The lowest BCUT2D eigenvalue weighted by Gasteiger charge is -2.42. The van der Waals surface area contributed by atoms with Crippen molar-refractivity contribution in [3.63, 3.8) is 0 Å². The number of aromatic hydroxyl groups is 2. The molecule has 2 heterocycles. The summed E-state index contributed by atoms with van der Waals surface area (Å²) in [7, 11) is 0. The molecule has 4 aromatic rings. The van der Waals surface area contributed by atoms with Crippen LogP contribution in [0.5, 0.6) is 11.5 Å². The molecule has 6 rings (SSSR count). The van der Waals surface area contributed by atoms with Crippen LogP contribution in [0, 0.1) is 0 Å². The van der Waals surface area contributed by atoms with Crippen molar-refractivity contribution in [1.29, 1.82) is 0 Å². The Morgan fingerprint density at radius 3 is 1.20 bits per heavy atom. The number of halogens is 9. The molecule has 0 aromatic heterocycles. The quantitative estimate of drug-likeness (QED) is 0.0969. The van der Waals surface area contributed by atoms with E-state index in [0.29, 0.717) is 23.6 Å². The van der Waals surface area contributed by atoms with Crippen LogP contribution in [0.25, 0.3) is 32.7 Å². The Kier molecular flexibility index (Phi) is 9.83. The molecule has 6 nitrogen and oxygen atoms in total. The van der Waals surface area contributed by atoms with E-state index in [4.69, 9.17) is 34.8 Å². The minimum atomic E-state index is -4.91. The first-order chi connectivity index (χ1) is 21.6. The van der Waals surface area contributed by atoms with Gasteiger partial charge in [0.1, 0.15) is 11.5 Å². The highest BCUT2D eigenvalue weighted by Crippen LogP contribution is 2.54. The Balaban J connectivity index is 0.000000985. The van der Waals surface area contributed by atoms with Crippen LogP contribution >= 0.6 is 34.8 Å². The maximum Gasteiger partial charge on any atom is 0.424 e. The number of nitrogens with one attached hydrogen (secondary N) is 4. The van der Waals surface area contributed by atoms with Crippen LogP contribution < -0.4 is 21.3 Å². The fourth-order valence-electron chi connectivity index (χ4n) is 6.24. The molecule has 15 heteroatoms. The number of benzene rings is 4. The van der Waals surface area contributed by atoms with Gasteiger partial charge in [0.25, 0.3) is 0 Å². The van der Waals surface area contributed by atoms with Crippen molar-refractivity contribution in [3.8, 4) is 22.6 Å². The first-order valence-corrected chi connectivity index (χ1v) is 15.5. The van der Waals surface area contributed by atoms with Gasteiger partial charge in [0, 0.05) is 22.3 Å². The molecular formula is C31H29Cl3F6N4O2. The molecule has 0 aliphatic carbocycles. The van der Waals surface area contributed by atoms with Gasteiger partial charge in [-0.25, -0.2) is 0 Å². The first kappa shape index (κ1) is 34.6. The van der Waals surface area contributed by atoms with E-state index in [-0.39, 0.29) is 48.1 Å². The van der Waals surface area contributed by atoms with Crippen molar-refractivity contribution in [2.75, 3.05) is 26.2 Å². The summed E-state index contributed by atoms with van der Waals surface area (Å²) in [5.74, 6) is -1.62. The van der Waals surface area contributed by atoms with Crippen molar-refractivity contribution in [2.45, 2.75) is 40.8 Å². The molecule has 0 saturated carbocycles. The summed E-state index contributed by atoms with van der Waals surface area (Å²) in [4.78, 5) is 0. The van der Waals surface area contributed by atoms with Crippen LogP contribution in [0.1, 0.15) is 24.0 Å². The van der Waals surface area contributed by atoms with Crippen molar-refractivity contribution < 1.29 is 36.6 Å². The largest absolute Gasteiger partial charge is 0.507 e. The zero-order chi connectivity index (χ0) is 33.5. The molecule has 2 aliphatic heterocycles. The van der Waals surface area contributed by atoms with Gasteiger partial charge in [-0.1, -0.05) is 83.3 Å². The minimum absolute atomic E-state index is 0.00319. The monoisotopic (exact) mass is 708 g/mol. The number of rotatable bonds is 3. The van der Waals surface area contributed by atoms with Gasteiger partial charge in [-0.3, -0.25) is 21.3 Å². The second kappa shape index (κ2) is 13.1. The van der Waals surface area contributed by atoms with E-state index in [2.05, 4.69) is 21.3 Å². The third kappa shape index (κ3) is 6.05. The molecule has 2 saturated heterocycles. The number of alkyl halides is 9. The third-order valence-corrected chi connectivity index (χ3v) is 8.22. The highest BCUT2D eigenvalue weighted by atomic mass is 35.6. The fraction of sp³-hybridized carbons (Fsp3) is 0.355. The molecular weight excluding hydrogens is 681 g/mol. The zero-order valence-corrected chi connectivity index (χ0v) is 26.2. The topological polar surface area (TPSA) is 88.6 Å². The van der Waals surface area contributed by atoms with E-state index < -0.39 is 50.6 Å². The van der Waals surface area contributed by atoms with E-state index in [1.165, 1.54) is 12.1 Å². The normalized spacial score (nSPS) is 18.4. The van der Waals surface area contributed by atoms with Crippen LogP contribution in [-0.2, 0) is 11.3 Å². The summed E-state index contributed by atoms with van der Waals surface area (Å²) < 4.78 is 88.0. The van der Waals surface area contributed by atoms with Crippen LogP contribution in [-0.4, -0.2) is 53.0 Å². The molecule has 0 atom stereocenters. The summed E-state index contributed by atoms with van der Waals surface area (Å²) in [6.07, 6.45) is -9.00. The van der Waals surface area contributed by atoms with Crippen LogP contribution in [0.3, 0.4) is 0 Å². The number of fused-ring (bicyclic) bond motifs is 2. The number of phenolic OH excluding ortho intramolecular Hbond substituents is 2. The molecule has 46 heavy (non-hydrogen) atoms. The van der Waals surface area contributed by atoms with Crippen molar-refractivity contribution in [3.05, 3.63) is 71.8 Å². The third-order valence-electron chi connectivity index (χ3n) is 8.22. The Morgan fingerprint density at radius 1 is 0.587 bits per heavy atom. The molecule has 2 aliphatic rings. The lowest BCUT2D eigenvalue weighted by atomic mass is 9.83. The summed E-state index contributed by atoms with van der Waals surface area (Å²) in [5.41, 5.74) is -7.17. The van der Waals surface area contributed by atoms with E-state index in [9.17, 15) is 36.6 Å². The molecule has 2 fully saturated rings. The van der Waals surface area contributed by atoms with E-state index in [1.807, 2.05) is 0 Å². The van der Waals surface area contributed by atoms with Crippen molar-refractivity contribution in [2.24, 2.45) is 0 Å². The molecule has 6 N–H and O–H groups in total. The summed E-state index contributed by atoms with van der Waals surface area (Å²) in [5, 5.41) is 34.6. The van der Waals surface area contributed by atoms with Gasteiger partial charge in [0.15, 0.2) is 15.6 Å². The molecule has 4 aromatic carbocycles. The second-order valence-corrected chi connectivity index (χ2v) is 12.9. The molecule has 0 bridgehead atoms. The van der Waals surface area contributed by atoms with Gasteiger partial charge in [-0.15, -0.1) is 0 Å². The van der Waals surface area contributed by atoms with Gasteiger partial charge in [0.2, 0.25) is 0 Å². The Morgan fingerprint density at radius 2 is 0.891 bits per heavy atom. The van der Waals surface area contributed by atoms with E-state index in [0.717, 1.165) is 0 Å². The number of hydrogen-bond acceptors (Lipinski definition) is 6. The van der Waals surface area contributed by atoms with E-state index in [1.54, 1.807) is 48.5 Å². The first-order valence-electron chi connectivity index (χ1n) is 14.2. The van der Waals surface area contributed by atoms with Gasteiger partial charge < -0.3 is 10.2 Å². The van der Waals surface area contributed by atoms with E-state index >= 15 is 0 Å². The van der Waals surface area contributed by atoms with Crippen molar-refractivity contribution >= 4 is 56.3 Å². The number of phenols is 2. The summed E-state index contributed by atoms with van der Waals surface area (Å²) >= 11 is 14.4. The predicted molar refractivity (Wildman–Crippen MR) is 168 cm³/mol. The highest BCUT2D eigenvalue weighted by molar-refractivity contribution is 6.63. The molecule has 0 amide bonds. The maximum absolute atomic E-state index is 14.8. The Hall–Kier alpha value is -2.71. The highest BCUT2D eigenvalue weighted by Gasteiger charge is 2.59. The SMILES string of the molecule is ClC(Cl)Cl.Oc1c(C2(C(F)(F)F)NCCCN2)cc2ccccc2c1-c1c(O)c(C2(C(F)(F)F)NCCCN2)cc2ccccc12. The number of hydrogen-bond donors (Lipinski definition) is 6. The fourth-order valence-corrected chi connectivity index (χ4v) is 6.24. The molecule has 0 spiro atoms. The van der Waals surface area contributed by atoms with Gasteiger partial charge in [0.05, 0.1) is 0 Å². The minimum Gasteiger partial charge on any atom is -0.507 e. The Bertz CT molecular complexity index is 1600. The van der Waals surface area contributed by atoms with Crippen molar-refractivity contribution in [1.82, 2.24) is 21.3 Å². The molecule has 248 valence electrons. The van der Waals surface area contributed by atoms with Gasteiger partial charge in [-0.2, -0.15) is 26.3 Å². The lowest BCUT2D eigenvalue weighted by Crippen LogP contribution is -2.66. The maximum atomic E-state index is 14.8. The lowest BCUT2D eigenvalue weighted by molar-refractivity contribution is -0.216.